The molecule has 0 aliphatic carbocycles. The molecule has 106 valence electrons. The summed E-state index contributed by atoms with van der Waals surface area (Å²) in [4.78, 5) is 4.44. The van der Waals surface area contributed by atoms with Crippen molar-refractivity contribution in [2.45, 2.75) is 32.4 Å². The Morgan fingerprint density at radius 2 is 2.05 bits per heavy atom. The van der Waals surface area contributed by atoms with E-state index in [1.54, 1.807) is 0 Å². The molecular formula is C14H16BrN3O2. The summed E-state index contributed by atoms with van der Waals surface area (Å²) in [5.41, 5.74) is 3.22. The van der Waals surface area contributed by atoms with Crippen molar-refractivity contribution in [3.8, 4) is 11.4 Å². The van der Waals surface area contributed by atoms with Crippen molar-refractivity contribution in [1.82, 2.24) is 15.5 Å². The van der Waals surface area contributed by atoms with Crippen molar-refractivity contribution < 1.29 is 9.63 Å². The first kappa shape index (κ1) is 13.7. The fourth-order valence-corrected chi connectivity index (χ4v) is 2.70. The number of nitrogens with one attached hydrogen (secondary N) is 1. The summed E-state index contributed by atoms with van der Waals surface area (Å²) in [6.07, 6.45) is 0.271. The van der Waals surface area contributed by atoms with E-state index in [2.05, 4.69) is 31.4 Å². The molecule has 5 nitrogen and oxygen atoms in total. The number of aryl methyl sites for hydroxylation is 2. The number of aliphatic hydroxyl groups excluding tert-OH is 1. The largest absolute Gasteiger partial charge is 0.392 e. The molecule has 0 unspecified atom stereocenters. The highest BCUT2D eigenvalue weighted by Crippen LogP contribution is 2.29. The predicted molar refractivity (Wildman–Crippen MR) is 78.3 cm³/mol. The van der Waals surface area contributed by atoms with E-state index in [-0.39, 0.29) is 12.1 Å². The van der Waals surface area contributed by atoms with Crippen LogP contribution in [0.25, 0.3) is 11.4 Å². The first-order valence-electron chi connectivity index (χ1n) is 6.57. The monoisotopic (exact) mass is 337 g/mol. The van der Waals surface area contributed by atoms with Gasteiger partial charge in [0.25, 0.3) is 0 Å². The lowest BCUT2D eigenvalue weighted by molar-refractivity contribution is 0.191. The fraction of sp³-hybridized carbons (Fsp3) is 0.429. The number of nitrogens with zero attached hydrogens (tertiary/aromatic N) is 2. The molecule has 0 amide bonds. The van der Waals surface area contributed by atoms with Crippen molar-refractivity contribution in [2.24, 2.45) is 0 Å². The highest BCUT2D eigenvalue weighted by atomic mass is 79.9. The van der Waals surface area contributed by atoms with Gasteiger partial charge in [0.05, 0.1) is 12.1 Å². The zero-order valence-electron chi connectivity index (χ0n) is 11.4. The standard InChI is InChI=1S/C14H16BrN3O2/c1-7-3-9(4-8(2)12(7)15)13-17-14(20-18-13)11-5-10(19)6-16-11/h3-4,10-11,16,19H,5-6H2,1-2H3/t10-,11+/m0/s1. The molecule has 3 rings (SSSR count). The van der Waals surface area contributed by atoms with Gasteiger partial charge in [0, 0.05) is 16.6 Å². The van der Waals surface area contributed by atoms with Gasteiger partial charge in [-0.2, -0.15) is 4.98 Å². The topological polar surface area (TPSA) is 71.2 Å². The Bertz CT molecular complexity index is 618. The predicted octanol–water partition coefficient (Wildman–Crippen LogP) is 2.51. The second kappa shape index (κ2) is 5.27. The van der Waals surface area contributed by atoms with Crippen LogP contribution in [0.1, 0.15) is 29.5 Å². The molecule has 1 aromatic carbocycles. The lowest BCUT2D eigenvalue weighted by atomic mass is 10.1. The highest BCUT2D eigenvalue weighted by molar-refractivity contribution is 9.10. The van der Waals surface area contributed by atoms with Crippen molar-refractivity contribution in [1.29, 1.82) is 0 Å². The van der Waals surface area contributed by atoms with Crippen LogP contribution < -0.4 is 5.32 Å². The minimum atomic E-state index is -0.340. The van der Waals surface area contributed by atoms with Crippen LogP contribution in [0.2, 0.25) is 0 Å². The third-order valence-electron chi connectivity index (χ3n) is 3.54. The molecule has 2 atom stereocenters. The summed E-state index contributed by atoms with van der Waals surface area (Å²) in [5, 5.41) is 16.7. The molecule has 1 aliphatic heterocycles. The average Bonchev–Trinajstić information content (AvgIpc) is 3.03. The number of aromatic nitrogens is 2. The second-order valence-corrected chi connectivity index (χ2v) is 6.02. The van der Waals surface area contributed by atoms with E-state index in [9.17, 15) is 5.11 Å². The number of β-amino-alcohol motifs (C(OH)–C–C–N with tert-alkyl or cyclic N) is 1. The molecule has 2 aromatic rings. The van der Waals surface area contributed by atoms with E-state index in [4.69, 9.17) is 4.52 Å². The van der Waals surface area contributed by atoms with Crippen LogP contribution in [0.15, 0.2) is 21.1 Å². The number of aliphatic hydroxyl groups is 1. The Hall–Kier alpha value is -1.24. The molecule has 0 spiro atoms. The SMILES string of the molecule is Cc1cc(-c2noc([C@H]3C[C@H](O)CN3)n2)cc(C)c1Br. The quantitative estimate of drug-likeness (QED) is 0.880. The summed E-state index contributed by atoms with van der Waals surface area (Å²) >= 11 is 3.55. The van der Waals surface area contributed by atoms with Gasteiger partial charge in [-0.05, 0) is 43.5 Å². The van der Waals surface area contributed by atoms with E-state index < -0.39 is 0 Å². The molecule has 2 heterocycles. The van der Waals surface area contributed by atoms with Crippen molar-refractivity contribution in [3.63, 3.8) is 0 Å². The zero-order chi connectivity index (χ0) is 14.3. The van der Waals surface area contributed by atoms with Crippen LogP contribution in [0.4, 0.5) is 0 Å². The Labute approximate surface area is 125 Å². The lowest BCUT2D eigenvalue weighted by Crippen LogP contribution is -2.15. The minimum Gasteiger partial charge on any atom is -0.392 e. The molecule has 6 heteroatoms. The Balaban J connectivity index is 1.90. The van der Waals surface area contributed by atoms with Gasteiger partial charge < -0.3 is 14.9 Å². The number of rotatable bonds is 2. The molecule has 0 saturated carbocycles. The second-order valence-electron chi connectivity index (χ2n) is 5.23. The third-order valence-corrected chi connectivity index (χ3v) is 4.79. The van der Waals surface area contributed by atoms with Crippen LogP contribution >= 0.6 is 15.9 Å². The van der Waals surface area contributed by atoms with E-state index >= 15 is 0 Å². The maximum absolute atomic E-state index is 9.53. The van der Waals surface area contributed by atoms with Gasteiger partial charge in [-0.25, -0.2) is 0 Å². The van der Waals surface area contributed by atoms with Gasteiger partial charge in [0.1, 0.15) is 0 Å². The van der Waals surface area contributed by atoms with Crippen LogP contribution in [0.5, 0.6) is 0 Å². The average molecular weight is 338 g/mol. The van der Waals surface area contributed by atoms with Crippen LogP contribution in [-0.4, -0.2) is 27.9 Å². The van der Waals surface area contributed by atoms with E-state index in [1.807, 2.05) is 26.0 Å². The molecule has 1 fully saturated rings. The third kappa shape index (κ3) is 2.51. The molecule has 1 saturated heterocycles. The van der Waals surface area contributed by atoms with E-state index in [0.29, 0.717) is 24.7 Å². The lowest BCUT2D eigenvalue weighted by Gasteiger charge is -2.05. The van der Waals surface area contributed by atoms with Gasteiger partial charge in [-0.3, -0.25) is 0 Å². The van der Waals surface area contributed by atoms with Crippen LogP contribution in [-0.2, 0) is 0 Å². The Morgan fingerprint density at radius 1 is 1.35 bits per heavy atom. The van der Waals surface area contributed by atoms with Gasteiger partial charge in [0.15, 0.2) is 0 Å². The molecule has 1 aliphatic rings. The fourth-order valence-electron chi connectivity index (χ4n) is 2.47. The summed E-state index contributed by atoms with van der Waals surface area (Å²) in [7, 11) is 0. The zero-order valence-corrected chi connectivity index (χ0v) is 12.9. The summed E-state index contributed by atoms with van der Waals surface area (Å²) in [6.45, 7) is 4.64. The summed E-state index contributed by atoms with van der Waals surface area (Å²) < 4.78 is 6.42. The summed E-state index contributed by atoms with van der Waals surface area (Å²) in [5.74, 6) is 1.12. The van der Waals surface area contributed by atoms with Gasteiger partial charge >= 0.3 is 0 Å². The first-order chi connectivity index (χ1) is 9.54. The molecule has 20 heavy (non-hydrogen) atoms. The number of benzene rings is 1. The number of hydrogen-bond acceptors (Lipinski definition) is 5. The molecule has 2 N–H and O–H groups in total. The van der Waals surface area contributed by atoms with E-state index in [0.717, 1.165) is 21.2 Å². The highest BCUT2D eigenvalue weighted by Gasteiger charge is 2.28. The van der Waals surface area contributed by atoms with Gasteiger partial charge in [-0.15, -0.1) is 0 Å². The Morgan fingerprint density at radius 3 is 2.65 bits per heavy atom. The van der Waals surface area contributed by atoms with Gasteiger partial charge in [-0.1, -0.05) is 21.1 Å². The summed E-state index contributed by atoms with van der Waals surface area (Å²) in [6, 6.07) is 4.01. The van der Waals surface area contributed by atoms with Crippen molar-refractivity contribution in [2.75, 3.05) is 6.54 Å². The molecular weight excluding hydrogens is 322 g/mol. The van der Waals surface area contributed by atoms with Crippen molar-refractivity contribution in [3.05, 3.63) is 33.6 Å². The van der Waals surface area contributed by atoms with Crippen molar-refractivity contribution >= 4 is 15.9 Å². The molecule has 0 bridgehead atoms. The van der Waals surface area contributed by atoms with Crippen LogP contribution in [0, 0.1) is 13.8 Å². The Kier molecular flexibility index (Phi) is 3.62. The van der Waals surface area contributed by atoms with Crippen LogP contribution in [0.3, 0.4) is 0 Å². The van der Waals surface area contributed by atoms with E-state index in [1.165, 1.54) is 0 Å². The molecule has 1 aromatic heterocycles. The normalized spacial score (nSPS) is 22.4. The molecule has 0 radical (unpaired) electrons. The van der Waals surface area contributed by atoms with Gasteiger partial charge in [0.2, 0.25) is 11.7 Å². The maximum Gasteiger partial charge on any atom is 0.244 e. The smallest absolute Gasteiger partial charge is 0.244 e. The number of hydrogen-bond donors (Lipinski definition) is 2. The number of halogens is 1. The maximum atomic E-state index is 9.53. The first-order valence-corrected chi connectivity index (χ1v) is 7.36. The minimum absolute atomic E-state index is 0.0520.